The summed E-state index contributed by atoms with van der Waals surface area (Å²) in [6.07, 6.45) is 1.37. The summed E-state index contributed by atoms with van der Waals surface area (Å²) >= 11 is 0. The average molecular weight is 489 g/mol. The van der Waals surface area contributed by atoms with Crippen molar-refractivity contribution in [1.82, 2.24) is 0 Å². The quantitative estimate of drug-likeness (QED) is 0.251. The first-order valence-electron chi connectivity index (χ1n) is 12.3. The number of nitrogens with zero attached hydrogens (tertiary/aromatic N) is 4. The lowest BCUT2D eigenvalue weighted by Crippen LogP contribution is -1.99. The van der Waals surface area contributed by atoms with E-state index < -0.39 is 0 Å². The van der Waals surface area contributed by atoms with Crippen LogP contribution in [0, 0.1) is 45.3 Å². The van der Waals surface area contributed by atoms with Crippen molar-refractivity contribution < 1.29 is 0 Å². The molecule has 4 aromatic rings. The van der Waals surface area contributed by atoms with Crippen LogP contribution in [0.1, 0.15) is 44.5 Å². The molecule has 0 radical (unpaired) electrons. The first-order chi connectivity index (χ1) is 18.7. The molecule has 0 heterocycles. The van der Waals surface area contributed by atoms with Gasteiger partial charge in [-0.3, -0.25) is 0 Å². The third kappa shape index (κ3) is 6.04. The predicted octanol–water partition coefficient (Wildman–Crippen LogP) is 6.96. The number of hydrogen-bond acceptors (Lipinski definition) is 4. The summed E-state index contributed by atoms with van der Waals surface area (Å²) in [5.74, 6) is 0. The van der Waals surface area contributed by atoms with Gasteiger partial charge in [0.25, 0.3) is 0 Å². The molecule has 0 bridgehead atoms. The average Bonchev–Trinajstić information content (AvgIpc) is 2.95. The van der Waals surface area contributed by atoms with Crippen LogP contribution in [0.2, 0.25) is 0 Å². The highest BCUT2D eigenvalue weighted by Crippen LogP contribution is 2.37. The van der Waals surface area contributed by atoms with E-state index in [2.05, 4.69) is 24.3 Å². The van der Waals surface area contributed by atoms with Crippen molar-refractivity contribution >= 4 is 11.1 Å². The predicted molar refractivity (Wildman–Crippen MR) is 148 cm³/mol. The maximum Gasteiger partial charge on any atom is 0.0669 e. The molecule has 0 fully saturated rings. The van der Waals surface area contributed by atoms with Gasteiger partial charge in [-0.05, 0) is 55.7 Å². The van der Waals surface area contributed by atoms with Gasteiger partial charge in [-0.15, -0.1) is 0 Å². The second kappa shape index (κ2) is 12.5. The van der Waals surface area contributed by atoms with Crippen molar-refractivity contribution in [2.45, 2.75) is 25.7 Å². The summed E-state index contributed by atoms with van der Waals surface area (Å²) in [4.78, 5) is 0. The van der Waals surface area contributed by atoms with E-state index in [1.807, 2.05) is 97.1 Å². The molecular formula is C34H24N4. The van der Waals surface area contributed by atoms with Gasteiger partial charge in [-0.25, -0.2) is 0 Å². The second-order valence-electron chi connectivity index (χ2n) is 8.88. The van der Waals surface area contributed by atoms with Crippen molar-refractivity contribution in [2.24, 2.45) is 0 Å². The van der Waals surface area contributed by atoms with E-state index in [4.69, 9.17) is 21.0 Å². The zero-order chi connectivity index (χ0) is 26.7. The van der Waals surface area contributed by atoms with Crippen molar-refractivity contribution in [3.63, 3.8) is 0 Å². The maximum absolute atomic E-state index is 9.13. The molecule has 0 atom stereocenters. The summed E-state index contributed by atoms with van der Waals surface area (Å²) in [5, 5.41) is 36.5. The second-order valence-corrected chi connectivity index (χ2v) is 8.88. The fourth-order valence-electron chi connectivity index (χ4n) is 4.43. The molecule has 0 aliphatic carbocycles. The summed E-state index contributed by atoms with van der Waals surface area (Å²) in [5.41, 5.74) is 9.80. The lowest BCUT2D eigenvalue weighted by atomic mass is 9.84. The fraction of sp³-hybridized carbons (Fsp3) is 0.118. The standard InChI is InChI=1S/C34H24N4/c35-21-17-25-1-9-29(10-2-25)33(30-11-3-26(4-12-30)18-22-36)34(31-13-5-27(6-14-31)19-23-37)32-15-7-28(8-16-32)20-24-38/h1-16H,17-20H2. The van der Waals surface area contributed by atoms with Crippen molar-refractivity contribution in [2.75, 3.05) is 0 Å². The van der Waals surface area contributed by atoms with Crippen LogP contribution >= 0.6 is 0 Å². The number of nitriles is 4. The van der Waals surface area contributed by atoms with Crippen molar-refractivity contribution in [3.8, 4) is 24.3 Å². The molecule has 0 aromatic heterocycles. The van der Waals surface area contributed by atoms with Gasteiger partial charge in [-0.2, -0.15) is 21.0 Å². The Morgan fingerprint density at radius 2 is 0.526 bits per heavy atom. The topological polar surface area (TPSA) is 95.2 Å². The summed E-state index contributed by atoms with van der Waals surface area (Å²) in [7, 11) is 0. The van der Waals surface area contributed by atoms with Gasteiger partial charge in [0, 0.05) is 0 Å². The van der Waals surface area contributed by atoms with E-state index in [9.17, 15) is 0 Å². The minimum Gasteiger partial charge on any atom is -0.198 e. The lowest BCUT2D eigenvalue weighted by Gasteiger charge is -2.19. The minimum atomic E-state index is 0.343. The molecule has 180 valence electrons. The zero-order valence-electron chi connectivity index (χ0n) is 20.9. The van der Waals surface area contributed by atoms with Crippen molar-refractivity contribution in [1.29, 1.82) is 21.0 Å². The van der Waals surface area contributed by atoms with E-state index in [0.29, 0.717) is 25.7 Å². The molecule has 0 N–H and O–H groups in total. The Bertz CT molecular complexity index is 1350. The van der Waals surface area contributed by atoms with Gasteiger partial charge in [0.2, 0.25) is 0 Å². The third-order valence-corrected chi connectivity index (χ3v) is 6.35. The molecular weight excluding hydrogens is 464 g/mol. The van der Waals surface area contributed by atoms with E-state index in [-0.39, 0.29) is 0 Å². The molecule has 4 aromatic carbocycles. The Kier molecular flexibility index (Phi) is 8.45. The van der Waals surface area contributed by atoms with Gasteiger partial charge >= 0.3 is 0 Å². The SMILES string of the molecule is N#CCc1ccc(C(=C(c2ccc(CC#N)cc2)c2ccc(CC#N)cc2)c2ccc(CC#N)cc2)cc1. The van der Waals surface area contributed by atoms with Crippen LogP contribution in [-0.4, -0.2) is 0 Å². The fourth-order valence-corrected chi connectivity index (χ4v) is 4.43. The van der Waals surface area contributed by atoms with Gasteiger partial charge < -0.3 is 0 Å². The number of rotatable bonds is 8. The molecule has 0 saturated carbocycles. The Morgan fingerprint density at radius 1 is 0.342 bits per heavy atom. The summed E-state index contributed by atoms with van der Waals surface area (Å²) in [6, 6.07) is 41.0. The molecule has 4 rings (SSSR count). The number of hydrogen-bond donors (Lipinski definition) is 0. The highest BCUT2D eigenvalue weighted by molar-refractivity contribution is 6.04. The van der Waals surface area contributed by atoms with Gasteiger partial charge in [-0.1, -0.05) is 97.1 Å². The molecule has 38 heavy (non-hydrogen) atoms. The van der Waals surface area contributed by atoms with Crippen LogP contribution in [0.3, 0.4) is 0 Å². The molecule has 4 nitrogen and oxygen atoms in total. The molecule has 4 heteroatoms. The Morgan fingerprint density at radius 3 is 0.684 bits per heavy atom. The normalized spacial score (nSPS) is 9.89. The molecule has 0 spiro atoms. The number of benzene rings is 4. The summed E-state index contributed by atoms with van der Waals surface area (Å²) < 4.78 is 0. The van der Waals surface area contributed by atoms with E-state index in [1.165, 1.54) is 0 Å². The van der Waals surface area contributed by atoms with Crippen molar-refractivity contribution in [3.05, 3.63) is 142 Å². The van der Waals surface area contributed by atoms with Gasteiger partial charge in [0.05, 0.1) is 50.0 Å². The summed E-state index contributed by atoms with van der Waals surface area (Å²) in [6.45, 7) is 0. The first-order valence-corrected chi connectivity index (χ1v) is 12.3. The highest BCUT2D eigenvalue weighted by atomic mass is 14.3. The Balaban J connectivity index is 2.00. The molecule has 0 aliphatic heterocycles. The Hall–Kier alpha value is -5.42. The van der Waals surface area contributed by atoms with Crippen LogP contribution in [0.5, 0.6) is 0 Å². The van der Waals surface area contributed by atoms with Gasteiger partial charge in [0.1, 0.15) is 0 Å². The van der Waals surface area contributed by atoms with E-state index >= 15 is 0 Å². The molecule has 0 unspecified atom stereocenters. The third-order valence-electron chi connectivity index (χ3n) is 6.35. The highest BCUT2D eigenvalue weighted by Gasteiger charge is 2.17. The molecule has 0 saturated heterocycles. The molecule has 0 aliphatic rings. The maximum atomic E-state index is 9.13. The Labute approximate surface area is 223 Å². The van der Waals surface area contributed by atoms with E-state index in [0.717, 1.165) is 55.7 Å². The van der Waals surface area contributed by atoms with E-state index in [1.54, 1.807) is 0 Å². The smallest absolute Gasteiger partial charge is 0.0669 e. The monoisotopic (exact) mass is 488 g/mol. The molecule has 0 amide bonds. The van der Waals surface area contributed by atoms with Crippen LogP contribution in [0.4, 0.5) is 0 Å². The van der Waals surface area contributed by atoms with Gasteiger partial charge in [0.15, 0.2) is 0 Å². The zero-order valence-corrected chi connectivity index (χ0v) is 20.9. The van der Waals surface area contributed by atoms with Crippen LogP contribution < -0.4 is 0 Å². The first kappa shape index (κ1) is 25.7. The lowest BCUT2D eigenvalue weighted by molar-refractivity contribution is 1.25. The largest absolute Gasteiger partial charge is 0.198 e. The van der Waals surface area contributed by atoms with Crippen LogP contribution in [-0.2, 0) is 25.7 Å². The van der Waals surface area contributed by atoms with Crippen LogP contribution in [0.25, 0.3) is 11.1 Å². The minimum absolute atomic E-state index is 0.343. The van der Waals surface area contributed by atoms with Crippen LogP contribution in [0.15, 0.2) is 97.1 Å².